The normalized spacial score (nSPS) is 13.2. The van der Waals surface area contributed by atoms with Crippen LogP contribution in [0.25, 0.3) is 0 Å². The number of aliphatic hydroxyl groups excluding tert-OH is 1. The fourth-order valence-electron chi connectivity index (χ4n) is 1.26. The topological polar surface area (TPSA) is 51.1 Å². The monoisotopic (exact) mass is 228 g/mol. The number of rotatable bonds is 6. The van der Waals surface area contributed by atoms with Gasteiger partial charge >= 0.3 is 0 Å². The number of nitrogens with zero attached hydrogens (tertiary/aromatic N) is 3. The molecule has 0 radical (unpaired) electrons. The first kappa shape index (κ1) is 14.8. The maximum atomic E-state index is 9.68. The summed E-state index contributed by atoms with van der Waals surface area (Å²) in [5.41, 5.74) is 0. The Morgan fingerprint density at radius 1 is 1.50 bits per heavy atom. The zero-order valence-electron chi connectivity index (χ0n) is 11.0. The molecule has 0 fully saturated rings. The first-order valence-corrected chi connectivity index (χ1v) is 5.47. The highest BCUT2D eigenvalue weighted by Crippen LogP contribution is 2.04. The Balaban J connectivity index is 4.73. The average molecular weight is 228 g/mol. The number of nitrogens with one attached hydrogen (secondary N) is 1. The maximum Gasteiger partial charge on any atom is 0.127 e. The molecule has 0 saturated carbocycles. The Hall–Kier alpha value is -1.23. The van der Waals surface area contributed by atoms with E-state index in [9.17, 15) is 5.11 Å². The molecule has 0 aliphatic heterocycles. The van der Waals surface area contributed by atoms with E-state index in [1.165, 1.54) is 0 Å². The third-order valence-electron chi connectivity index (χ3n) is 2.21. The van der Waals surface area contributed by atoms with Gasteiger partial charge in [-0.2, -0.15) is 5.10 Å². The van der Waals surface area contributed by atoms with Gasteiger partial charge < -0.3 is 20.3 Å². The van der Waals surface area contributed by atoms with Crippen LogP contribution in [0, 0.1) is 0 Å². The summed E-state index contributed by atoms with van der Waals surface area (Å²) in [6.45, 7) is 8.23. The van der Waals surface area contributed by atoms with E-state index < -0.39 is 0 Å². The van der Waals surface area contributed by atoms with Crippen molar-refractivity contribution in [3.05, 3.63) is 12.4 Å². The van der Waals surface area contributed by atoms with Crippen LogP contribution in [0.2, 0.25) is 0 Å². The minimum absolute atomic E-state index is 0.377. The second-order valence-electron chi connectivity index (χ2n) is 3.86. The van der Waals surface area contributed by atoms with Crippen molar-refractivity contribution >= 4 is 5.84 Å². The molecule has 16 heavy (non-hydrogen) atoms. The fraction of sp³-hybridized carbons (Fsp3) is 0.727. The van der Waals surface area contributed by atoms with Crippen molar-refractivity contribution < 1.29 is 5.11 Å². The van der Waals surface area contributed by atoms with E-state index in [1.54, 1.807) is 12.1 Å². The van der Waals surface area contributed by atoms with E-state index in [-0.39, 0.29) is 6.10 Å². The van der Waals surface area contributed by atoms with Gasteiger partial charge in [0, 0.05) is 21.1 Å². The predicted molar refractivity (Wildman–Crippen MR) is 68.0 cm³/mol. The van der Waals surface area contributed by atoms with Gasteiger partial charge in [0.05, 0.1) is 18.5 Å². The number of hydrazone groups is 1. The molecule has 5 nitrogen and oxygen atoms in total. The van der Waals surface area contributed by atoms with Gasteiger partial charge in [0.25, 0.3) is 0 Å². The molecular weight excluding hydrogens is 204 g/mol. The minimum atomic E-state index is -0.377. The van der Waals surface area contributed by atoms with Crippen LogP contribution >= 0.6 is 0 Å². The summed E-state index contributed by atoms with van der Waals surface area (Å²) in [4.78, 5) is 1.87. The molecule has 5 heteroatoms. The standard InChI is InChI=1S/C11H24N4O/c1-7-11(16)8-15(9(2)12-4)10(3)13-14(5)6/h11-12,16H,2,7-8H2,1,3-6H3/b13-10+. The van der Waals surface area contributed by atoms with Gasteiger partial charge in [-0.25, -0.2) is 0 Å². The van der Waals surface area contributed by atoms with Crippen molar-refractivity contribution in [2.75, 3.05) is 27.7 Å². The van der Waals surface area contributed by atoms with Crippen molar-refractivity contribution in [3.63, 3.8) is 0 Å². The van der Waals surface area contributed by atoms with Gasteiger partial charge in [-0.05, 0) is 13.3 Å². The molecule has 1 atom stereocenters. The second kappa shape index (κ2) is 7.11. The Labute approximate surface area is 98.4 Å². The molecule has 0 aliphatic rings. The highest BCUT2D eigenvalue weighted by Gasteiger charge is 2.14. The molecule has 0 aromatic carbocycles. The molecule has 0 aromatic rings. The number of hydrogen-bond acceptors (Lipinski definition) is 4. The van der Waals surface area contributed by atoms with Gasteiger partial charge in [-0.15, -0.1) is 0 Å². The Morgan fingerprint density at radius 3 is 2.44 bits per heavy atom. The summed E-state index contributed by atoms with van der Waals surface area (Å²) >= 11 is 0. The fourth-order valence-corrected chi connectivity index (χ4v) is 1.26. The molecule has 1 unspecified atom stereocenters. The van der Waals surface area contributed by atoms with E-state index >= 15 is 0 Å². The van der Waals surface area contributed by atoms with Gasteiger partial charge in [0.2, 0.25) is 0 Å². The van der Waals surface area contributed by atoms with E-state index in [1.807, 2.05) is 32.8 Å². The summed E-state index contributed by atoms with van der Waals surface area (Å²) in [5.74, 6) is 1.53. The molecule has 0 aromatic heterocycles. The summed E-state index contributed by atoms with van der Waals surface area (Å²) in [5, 5.41) is 18.7. The lowest BCUT2D eigenvalue weighted by Gasteiger charge is -2.28. The lowest BCUT2D eigenvalue weighted by atomic mass is 10.2. The smallest absolute Gasteiger partial charge is 0.127 e. The third-order valence-corrected chi connectivity index (χ3v) is 2.21. The van der Waals surface area contributed by atoms with Crippen LogP contribution in [0.15, 0.2) is 17.5 Å². The molecule has 0 amide bonds. The predicted octanol–water partition coefficient (Wildman–Crippen LogP) is 0.645. The Morgan fingerprint density at radius 2 is 2.06 bits per heavy atom. The summed E-state index contributed by atoms with van der Waals surface area (Å²) in [7, 11) is 5.52. The van der Waals surface area contributed by atoms with E-state index in [2.05, 4.69) is 17.0 Å². The first-order valence-electron chi connectivity index (χ1n) is 5.47. The maximum absolute atomic E-state index is 9.68. The summed E-state index contributed by atoms with van der Waals surface area (Å²) in [6, 6.07) is 0. The average Bonchev–Trinajstić information content (AvgIpc) is 2.23. The van der Waals surface area contributed by atoms with Crippen molar-refractivity contribution in [2.45, 2.75) is 26.4 Å². The molecule has 0 bridgehead atoms. The molecule has 2 N–H and O–H groups in total. The molecule has 0 saturated heterocycles. The lowest BCUT2D eigenvalue weighted by Crippen LogP contribution is -2.39. The highest BCUT2D eigenvalue weighted by atomic mass is 16.3. The van der Waals surface area contributed by atoms with Crippen molar-refractivity contribution in [3.8, 4) is 0 Å². The SMILES string of the molecule is C=C(NC)N(CC(O)CC)/C(C)=N/N(C)C. The Kier molecular flexibility index (Phi) is 6.56. The zero-order valence-corrected chi connectivity index (χ0v) is 11.0. The van der Waals surface area contributed by atoms with E-state index in [0.717, 1.165) is 11.7 Å². The van der Waals surface area contributed by atoms with Crippen LogP contribution in [-0.2, 0) is 0 Å². The third kappa shape index (κ3) is 5.02. The van der Waals surface area contributed by atoms with Crippen LogP contribution in [0.5, 0.6) is 0 Å². The van der Waals surface area contributed by atoms with Crippen LogP contribution in [-0.4, -0.2) is 54.6 Å². The molecule has 0 rings (SSSR count). The first-order chi connectivity index (χ1) is 7.42. The van der Waals surface area contributed by atoms with Crippen molar-refractivity contribution in [1.82, 2.24) is 15.2 Å². The van der Waals surface area contributed by atoms with Gasteiger partial charge in [0.1, 0.15) is 5.84 Å². The van der Waals surface area contributed by atoms with Gasteiger partial charge in [-0.1, -0.05) is 13.5 Å². The van der Waals surface area contributed by atoms with Crippen molar-refractivity contribution in [1.29, 1.82) is 0 Å². The van der Waals surface area contributed by atoms with Crippen LogP contribution < -0.4 is 5.32 Å². The largest absolute Gasteiger partial charge is 0.391 e. The molecular formula is C11H24N4O. The van der Waals surface area contributed by atoms with Crippen LogP contribution in [0.4, 0.5) is 0 Å². The zero-order chi connectivity index (χ0) is 12.7. The Bertz CT molecular complexity index is 250. The van der Waals surface area contributed by atoms with E-state index in [0.29, 0.717) is 13.0 Å². The van der Waals surface area contributed by atoms with Crippen LogP contribution in [0.3, 0.4) is 0 Å². The number of amidine groups is 1. The van der Waals surface area contributed by atoms with E-state index in [4.69, 9.17) is 0 Å². The molecule has 0 heterocycles. The van der Waals surface area contributed by atoms with Gasteiger partial charge in [-0.3, -0.25) is 0 Å². The van der Waals surface area contributed by atoms with Gasteiger partial charge in [0.15, 0.2) is 0 Å². The summed E-state index contributed by atoms with van der Waals surface area (Å²) < 4.78 is 0. The summed E-state index contributed by atoms with van der Waals surface area (Å²) in [6.07, 6.45) is 0.334. The highest BCUT2D eigenvalue weighted by molar-refractivity contribution is 5.81. The number of aliphatic hydroxyl groups is 1. The number of hydrogen-bond donors (Lipinski definition) is 2. The minimum Gasteiger partial charge on any atom is -0.391 e. The lowest BCUT2D eigenvalue weighted by molar-refractivity contribution is 0.145. The molecule has 0 spiro atoms. The molecule has 94 valence electrons. The second-order valence-corrected chi connectivity index (χ2v) is 3.86. The quantitative estimate of drug-likeness (QED) is 0.398. The van der Waals surface area contributed by atoms with Crippen molar-refractivity contribution in [2.24, 2.45) is 5.10 Å². The molecule has 0 aliphatic carbocycles. The van der Waals surface area contributed by atoms with Crippen LogP contribution in [0.1, 0.15) is 20.3 Å².